The van der Waals surface area contributed by atoms with E-state index in [1.54, 1.807) is 0 Å². The van der Waals surface area contributed by atoms with E-state index in [2.05, 4.69) is 138 Å². The summed E-state index contributed by atoms with van der Waals surface area (Å²) in [6, 6.07) is 17.2. The Morgan fingerprint density at radius 1 is 0.349 bits per heavy atom. The minimum absolute atomic E-state index is 0.138. The van der Waals surface area contributed by atoms with E-state index in [0.717, 1.165) is 169 Å². The Balaban J connectivity index is 1.08. The van der Waals surface area contributed by atoms with Gasteiger partial charge in [0.25, 0.3) is 0 Å². The average molecular weight is 1160 g/mol. The molecule has 0 amide bonds. The number of hydrogen-bond acceptors (Lipinski definition) is 12. The summed E-state index contributed by atoms with van der Waals surface area (Å²) in [7, 11) is 0. The number of hydrogen-bond donors (Lipinski definition) is 2. The summed E-state index contributed by atoms with van der Waals surface area (Å²) >= 11 is 0. The molecule has 4 unspecified atom stereocenters. The number of ether oxygens (including phenoxy) is 6. The third-order valence-electron chi connectivity index (χ3n) is 19.2. The second-order valence-electron chi connectivity index (χ2n) is 25.0. The second-order valence-corrected chi connectivity index (χ2v) is 25.0. The maximum Gasteiger partial charge on any atom is 0.164 e. The highest BCUT2D eigenvalue weighted by Crippen LogP contribution is 2.52. The summed E-state index contributed by atoms with van der Waals surface area (Å²) in [5.41, 5.74) is 10.3. The van der Waals surface area contributed by atoms with Gasteiger partial charge in [-0.25, -0.2) is 29.9 Å². The summed E-state index contributed by atoms with van der Waals surface area (Å²) in [4.78, 5) is 40.5. The Kier molecular flexibility index (Phi) is 17.0. The van der Waals surface area contributed by atoms with E-state index in [0.29, 0.717) is 119 Å². The van der Waals surface area contributed by atoms with Crippen LogP contribution in [0.1, 0.15) is 205 Å². The molecule has 86 heavy (non-hydrogen) atoms. The molecule has 8 atom stereocenters. The van der Waals surface area contributed by atoms with Gasteiger partial charge in [0.2, 0.25) is 0 Å². The summed E-state index contributed by atoms with van der Waals surface area (Å²) in [6.45, 7) is 20.4. The fraction of sp³-hybridized carbons (Fsp3) is 0.500. The molecule has 0 saturated carbocycles. The normalized spacial score (nSPS) is 18.8. The number of nitrogens with one attached hydrogen (secondary N) is 2. The van der Waals surface area contributed by atoms with E-state index in [-0.39, 0.29) is 24.4 Å². The molecule has 4 aromatic carbocycles. The van der Waals surface area contributed by atoms with Crippen LogP contribution in [0.2, 0.25) is 0 Å². The van der Waals surface area contributed by atoms with E-state index in [9.17, 15) is 0 Å². The monoisotopic (exact) mass is 1160 g/mol. The molecule has 2 N–H and O–H groups in total. The standard InChI is InChI=1S/C72H86N8O6/c1-9-17-21-41(13-5)37-81-61-33-53-55(35-63(61)83-39-43(15-7)23-19-11-3)71-78-69(53)76-67-51-31-47-45(57-25-27-59(47)85-57)29-49(51)65(74-67)73-66-50-30-46-48(60-28-26-58(46)86-60)32-52(50)68(75-66)77-70-54-34-62(82-38-42(14-6)22-18-10-2)64(36-56(54)72(79-70)80-71)84-40-44(16-8)24-20-12-4/h25-36,41-44,57-60H,9-24,37-40H2,1-8H3,(H2,73,74,75,76,77,78,79,80)/t41?,42?,43?,44?,57-,58+,59+,60-. The van der Waals surface area contributed by atoms with Crippen LogP contribution in [0.4, 0.5) is 0 Å². The van der Waals surface area contributed by atoms with E-state index in [1.165, 1.54) is 0 Å². The molecule has 6 aliphatic heterocycles. The average Bonchev–Trinajstić information content (AvgIpc) is 1.94. The van der Waals surface area contributed by atoms with Gasteiger partial charge < -0.3 is 38.4 Å². The zero-order valence-corrected chi connectivity index (χ0v) is 51.8. The molecular weight excluding hydrogens is 1070 g/mol. The van der Waals surface area contributed by atoms with Gasteiger partial charge in [0.05, 0.1) is 26.4 Å². The predicted octanol–water partition coefficient (Wildman–Crippen LogP) is 18.6. The number of H-pyrrole nitrogens is 2. The summed E-state index contributed by atoms with van der Waals surface area (Å²) < 4.78 is 40.8. The minimum Gasteiger partial charge on any atom is -0.489 e. The van der Waals surface area contributed by atoms with Gasteiger partial charge in [0.15, 0.2) is 46.3 Å². The number of benzene rings is 4. The van der Waals surface area contributed by atoms with Crippen LogP contribution >= 0.6 is 0 Å². The van der Waals surface area contributed by atoms with Crippen LogP contribution in [0, 0.1) is 23.7 Å². The fourth-order valence-electron chi connectivity index (χ4n) is 13.4. The molecule has 0 spiro atoms. The van der Waals surface area contributed by atoms with Crippen molar-refractivity contribution in [3.8, 4) is 68.5 Å². The van der Waals surface area contributed by atoms with Crippen molar-refractivity contribution in [2.24, 2.45) is 23.7 Å². The van der Waals surface area contributed by atoms with Crippen molar-refractivity contribution in [1.29, 1.82) is 0 Å². The molecule has 0 saturated heterocycles. The Bertz CT molecular complexity index is 3660. The SMILES string of the molecule is CCCCC(CC)COc1cc2c3nc4nc(nc5nc(nc6[nH]c(nc([nH]3)c2cc1OCC(CC)CCCC)c1cc(OCC(CC)CCCC)c(OCC(CC)CCCC)cc61)-c1cc2c(cc1-5)[C@@H]1C=C[C@H]2O1)-c1cc2c(cc1-4)[C@@H]1C=C[C@H]2O1. The second kappa shape index (κ2) is 25.3. The molecule has 14 nitrogen and oxygen atoms in total. The van der Waals surface area contributed by atoms with Gasteiger partial charge in [0.1, 0.15) is 47.0 Å². The van der Waals surface area contributed by atoms with Gasteiger partial charge in [-0.15, -0.1) is 0 Å². The summed E-state index contributed by atoms with van der Waals surface area (Å²) in [5, 5.41) is 3.32. The Morgan fingerprint density at radius 2 is 0.605 bits per heavy atom. The first kappa shape index (κ1) is 57.9. The van der Waals surface area contributed by atoms with Gasteiger partial charge in [-0.3, -0.25) is 0 Å². The number of fused-ring (bicyclic) bond motifs is 30. The first-order valence-electron chi connectivity index (χ1n) is 32.9. The number of aromatic nitrogens is 8. The van der Waals surface area contributed by atoms with E-state index < -0.39 is 0 Å². The lowest BCUT2D eigenvalue weighted by atomic mass is 9.91. The summed E-state index contributed by atoms with van der Waals surface area (Å²) in [6.07, 6.45) is 25.7. The molecule has 13 rings (SSSR count). The highest BCUT2D eigenvalue weighted by molar-refractivity contribution is 6.09. The molecule has 12 bridgehead atoms. The van der Waals surface area contributed by atoms with Crippen LogP contribution in [0.3, 0.4) is 0 Å². The molecule has 450 valence electrons. The molecule has 0 radical (unpaired) electrons. The van der Waals surface area contributed by atoms with Gasteiger partial charge in [-0.05, 0) is 120 Å². The fourth-order valence-corrected chi connectivity index (χ4v) is 13.4. The van der Waals surface area contributed by atoms with E-state index in [1.807, 2.05) is 0 Å². The molecule has 3 aromatic heterocycles. The van der Waals surface area contributed by atoms with Crippen molar-refractivity contribution in [1.82, 2.24) is 39.9 Å². The zero-order chi connectivity index (χ0) is 59.0. The topological polar surface area (TPSA) is 164 Å². The number of aromatic amines is 2. The highest BCUT2D eigenvalue weighted by Gasteiger charge is 2.39. The van der Waals surface area contributed by atoms with Crippen LogP contribution in [0.5, 0.6) is 23.0 Å². The Labute approximate surface area is 506 Å². The lowest BCUT2D eigenvalue weighted by Gasteiger charge is -2.20. The maximum absolute atomic E-state index is 6.98. The van der Waals surface area contributed by atoms with Crippen LogP contribution < -0.4 is 18.9 Å². The lowest BCUT2D eigenvalue weighted by molar-refractivity contribution is 0.0877. The number of nitrogens with zero attached hydrogens (tertiary/aromatic N) is 6. The Hall–Kier alpha value is -7.16. The van der Waals surface area contributed by atoms with Crippen molar-refractivity contribution in [3.05, 3.63) is 95.1 Å². The largest absolute Gasteiger partial charge is 0.489 e. The zero-order valence-electron chi connectivity index (χ0n) is 51.8. The summed E-state index contributed by atoms with van der Waals surface area (Å²) in [5.74, 6) is 6.44. The number of rotatable bonds is 28. The first-order chi connectivity index (χ1) is 42.2. The van der Waals surface area contributed by atoms with Crippen LogP contribution in [0.15, 0.2) is 72.8 Å². The van der Waals surface area contributed by atoms with Gasteiger partial charge in [-0.2, -0.15) is 0 Å². The quantitative estimate of drug-likeness (QED) is 0.0447. The lowest BCUT2D eigenvalue weighted by Crippen LogP contribution is -2.14. The van der Waals surface area contributed by atoms with E-state index in [4.69, 9.17) is 58.3 Å². The molecule has 14 heteroatoms. The smallest absolute Gasteiger partial charge is 0.164 e. The predicted molar refractivity (Wildman–Crippen MR) is 343 cm³/mol. The molecule has 9 heterocycles. The van der Waals surface area contributed by atoms with E-state index >= 15 is 0 Å². The van der Waals surface area contributed by atoms with Crippen LogP contribution in [0.25, 0.3) is 89.7 Å². The Morgan fingerprint density at radius 3 is 0.860 bits per heavy atom. The van der Waals surface area contributed by atoms with Gasteiger partial charge in [0, 0.05) is 43.8 Å². The molecule has 7 aromatic rings. The van der Waals surface area contributed by atoms with Crippen molar-refractivity contribution >= 4 is 44.1 Å². The molecule has 6 aliphatic rings. The number of unbranched alkanes of at least 4 members (excludes halogenated alkanes) is 4. The molecule has 0 fully saturated rings. The molecular formula is C72H86N8O6. The van der Waals surface area contributed by atoms with Crippen molar-refractivity contribution < 1.29 is 28.4 Å². The highest BCUT2D eigenvalue weighted by atomic mass is 16.5. The minimum atomic E-state index is -0.141. The van der Waals surface area contributed by atoms with Crippen LogP contribution in [-0.4, -0.2) is 66.3 Å². The van der Waals surface area contributed by atoms with Crippen molar-refractivity contribution in [3.63, 3.8) is 0 Å². The first-order valence-corrected chi connectivity index (χ1v) is 32.9. The van der Waals surface area contributed by atoms with Crippen LogP contribution in [-0.2, 0) is 9.47 Å². The third kappa shape index (κ3) is 11.2. The molecule has 0 aliphatic carbocycles. The third-order valence-corrected chi connectivity index (χ3v) is 19.2. The van der Waals surface area contributed by atoms with Gasteiger partial charge >= 0.3 is 0 Å². The maximum atomic E-state index is 6.98. The van der Waals surface area contributed by atoms with Crippen molar-refractivity contribution in [2.45, 2.75) is 183 Å². The van der Waals surface area contributed by atoms with Gasteiger partial charge in [-0.1, -0.05) is 157 Å². The van der Waals surface area contributed by atoms with Crippen molar-refractivity contribution in [2.75, 3.05) is 26.4 Å².